The zero-order chi connectivity index (χ0) is 14.5. The van der Waals surface area contributed by atoms with Gasteiger partial charge in [-0.15, -0.1) is 11.3 Å². The van der Waals surface area contributed by atoms with Crippen molar-refractivity contribution in [2.24, 2.45) is 0 Å². The Kier molecular flexibility index (Phi) is 4.75. The van der Waals surface area contributed by atoms with Crippen LogP contribution in [0.1, 0.15) is 9.67 Å². The number of thiophene rings is 1. The van der Waals surface area contributed by atoms with Gasteiger partial charge in [0.15, 0.2) is 6.61 Å². The highest BCUT2D eigenvalue weighted by Gasteiger charge is 2.12. The van der Waals surface area contributed by atoms with E-state index in [0.717, 1.165) is 3.79 Å². The lowest BCUT2D eigenvalue weighted by Crippen LogP contribution is -2.14. The number of carboxylic acid groups (broad SMARTS) is 1. The second-order valence-electron chi connectivity index (χ2n) is 3.74. The molecule has 0 atom stereocenters. The third-order valence-electron chi connectivity index (χ3n) is 2.28. The summed E-state index contributed by atoms with van der Waals surface area (Å²) in [6.45, 7) is -0.461. The van der Waals surface area contributed by atoms with Crippen LogP contribution in [-0.2, 0) is 4.79 Å². The molecule has 2 rings (SSSR count). The maximum absolute atomic E-state index is 12.0. The molecule has 5 nitrogen and oxygen atoms in total. The van der Waals surface area contributed by atoms with Gasteiger partial charge in [0.05, 0.1) is 14.4 Å². The Morgan fingerprint density at radius 2 is 2.00 bits per heavy atom. The normalized spacial score (nSPS) is 10.1. The van der Waals surface area contributed by atoms with Crippen molar-refractivity contribution in [3.8, 4) is 5.75 Å². The number of para-hydroxylation sites is 2. The molecule has 0 spiro atoms. The predicted octanol–water partition coefficient (Wildman–Crippen LogP) is 3.23. The molecule has 0 aliphatic carbocycles. The first-order valence-corrected chi connectivity index (χ1v) is 7.17. The Labute approximate surface area is 127 Å². The largest absolute Gasteiger partial charge is 0.480 e. The van der Waals surface area contributed by atoms with E-state index in [0.29, 0.717) is 16.3 Å². The van der Waals surface area contributed by atoms with Crippen LogP contribution in [0.2, 0.25) is 0 Å². The van der Waals surface area contributed by atoms with Crippen LogP contribution < -0.4 is 10.1 Å². The van der Waals surface area contributed by atoms with E-state index in [2.05, 4.69) is 21.2 Å². The molecule has 0 radical (unpaired) electrons. The van der Waals surface area contributed by atoms with Crippen molar-refractivity contribution >= 4 is 44.8 Å². The van der Waals surface area contributed by atoms with E-state index in [1.165, 1.54) is 11.3 Å². The first-order valence-electron chi connectivity index (χ1n) is 5.56. The first-order chi connectivity index (χ1) is 9.56. The van der Waals surface area contributed by atoms with Crippen LogP contribution in [0.3, 0.4) is 0 Å². The molecule has 104 valence electrons. The van der Waals surface area contributed by atoms with E-state index in [1.54, 1.807) is 36.4 Å². The number of carbonyl (C=O) groups excluding carboxylic acids is 1. The molecule has 20 heavy (non-hydrogen) atoms. The van der Waals surface area contributed by atoms with Gasteiger partial charge in [0, 0.05) is 0 Å². The number of ether oxygens (including phenoxy) is 1. The molecule has 0 aliphatic heterocycles. The number of amides is 1. The van der Waals surface area contributed by atoms with Gasteiger partial charge in [0.25, 0.3) is 5.91 Å². The summed E-state index contributed by atoms with van der Waals surface area (Å²) in [7, 11) is 0. The van der Waals surface area contributed by atoms with Crippen molar-refractivity contribution in [2.45, 2.75) is 0 Å². The summed E-state index contributed by atoms with van der Waals surface area (Å²) in [4.78, 5) is 23.1. The van der Waals surface area contributed by atoms with Gasteiger partial charge < -0.3 is 15.2 Å². The zero-order valence-corrected chi connectivity index (χ0v) is 12.5. The van der Waals surface area contributed by atoms with E-state index in [9.17, 15) is 9.59 Å². The van der Waals surface area contributed by atoms with Crippen LogP contribution in [0.25, 0.3) is 0 Å². The van der Waals surface area contributed by atoms with Crippen LogP contribution in [-0.4, -0.2) is 23.6 Å². The van der Waals surface area contributed by atoms with Crippen LogP contribution >= 0.6 is 27.3 Å². The molecule has 7 heteroatoms. The van der Waals surface area contributed by atoms with E-state index in [4.69, 9.17) is 9.84 Å². The molecule has 1 aromatic heterocycles. The number of anilines is 1. The summed E-state index contributed by atoms with van der Waals surface area (Å²) >= 11 is 4.60. The number of rotatable bonds is 5. The molecule has 2 aromatic rings. The van der Waals surface area contributed by atoms with E-state index >= 15 is 0 Å². The van der Waals surface area contributed by atoms with Gasteiger partial charge in [-0.25, -0.2) is 4.79 Å². The van der Waals surface area contributed by atoms with Gasteiger partial charge in [0.2, 0.25) is 0 Å². The van der Waals surface area contributed by atoms with Crippen LogP contribution in [0.15, 0.2) is 40.2 Å². The number of hydrogen-bond donors (Lipinski definition) is 2. The van der Waals surface area contributed by atoms with Crippen molar-refractivity contribution in [3.05, 3.63) is 45.1 Å². The van der Waals surface area contributed by atoms with Crippen LogP contribution in [0, 0.1) is 0 Å². The Balaban J connectivity index is 2.12. The molecule has 0 saturated carbocycles. The third-order valence-corrected chi connectivity index (χ3v) is 3.91. The molecular formula is C13H10BrNO4S. The van der Waals surface area contributed by atoms with Crippen molar-refractivity contribution in [2.75, 3.05) is 11.9 Å². The smallest absolute Gasteiger partial charge is 0.341 e. The topological polar surface area (TPSA) is 75.6 Å². The van der Waals surface area contributed by atoms with Crippen molar-refractivity contribution in [1.82, 2.24) is 0 Å². The summed E-state index contributed by atoms with van der Waals surface area (Å²) in [6.07, 6.45) is 0. The fourth-order valence-electron chi connectivity index (χ4n) is 1.46. The van der Waals surface area contributed by atoms with Gasteiger partial charge in [-0.1, -0.05) is 12.1 Å². The number of hydrogen-bond acceptors (Lipinski definition) is 4. The standard InChI is InChI=1S/C13H10BrNO4S/c14-11-6-5-10(20-11)13(18)15-8-3-1-2-4-9(8)19-7-12(16)17/h1-6H,7H2,(H,15,18)(H,16,17). The highest BCUT2D eigenvalue weighted by molar-refractivity contribution is 9.11. The molecule has 0 aliphatic rings. The van der Waals surface area contributed by atoms with Crippen molar-refractivity contribution in [1.29, 1.82) is 0 Å². The van der Waals surface area contributed by atoms with Crippen molar-refractivity contribution < 1.29 is 19.4 Å². The lowest BCUT2D eigenvalue weighted by Gasteiger charge is -2.10. The van der Waals surface area contributed by atoms with E-state index < -0.39 is 12.6 Å². The number of benzene rings is 1. The van der Waals surface area contributed by atoms with Gasteiger partial charge in [-0.05, 0) is 40.2 Å². The van der Waals surface area contributed by atoms with Crippen LogP contribution in [0.4, 0.5) is 5.69 Å². The SMILES string of the molecule is O=C(O)COc1ccccc1NC(=O)c1ccc(Br)s1. The summed E-state index contributed by atoms with van der Waals surface area (Å²) < 4.78 is 5.98. The maximum Gasteiger partial charge on any atom is 0.341 e. The fraction of sp³-hybridized carbons (Fsp3) is 0.0769. The Morgan fingerprint density at radius 3 is 2.65 bits per heavy atom. The predicted molar refractivity (Wildman–Crippen MR) is 79.5 cm³/mol. The van der Waals surface area contributed by atoms with E-state index in [-0.39, 0.29) is 5.91 Å². The molecule has 0 unspecified atom stereocenters. The van der Waals surface area contributed by atoms with Gasteiger partial charge >= 0.3 is 5.97 Å². The lowest BCUT2D eigenvalue weighted by molar-refractivity contribution is -0.139. The summed E-state index contributed by atoms with van der Waals surface area (Å²) in [6, 6.07) is 10.2. The van der Waals surface area contributed by atoms with Gasteiger partial charge in [-0.2, -0.15) is 0 Å². The summed E-state index contributed by atoms with van der Waals surface area (Å²) in [5.41, 5.74) is 0.434. The van der Waals surface area contributed by atoms with Gasteiger partial charge in [0.1, 0.15) is 5.75 Å². The number of carbonyl (C=O) groups is 2. The molecule has 1 amide bonds. The number of aliphatic carboxylic acids is 1. The second-order valence-corrected chi connectivity index (χ2v) is 6.20. The number of nitrogens with one attached hydrogen (secondary N) is 1. The van der Waals surface area contributed by atoms with Crippen LogP contribution in [0.5, 0.6) is 5.75 Å². The average molecular weight is 356 g/mol. The highest BCUT2D eigenvalue weighted by Crippen LogP contribution is 2.27. The summed E-state index contributed by atoms with van der Waals surface area (Å²) in [5.74, 6) is -1.03. The molecule has 0 fully saturated rings. The van der Waals surface area contributed by atoms with Crippen molar-refractivity contribution in [3.63, 3.8) is 0 Å². The lowest BCUT2D eigenvalue weighted by atomic mass is 10.3. The Morgan fingerprint density at radius 1 is 1.25 bits per heavy atom. The third kappa shape index (κ3) is 3.82. The fourth-order valence-corrected chi connectivity index (χ4v) is 2.74. The average Bonchev–Trinajstić information content (AvgIpc) is 2.84. The first kappa shape index (κ1) is 14.5. The minimum atomic E-state index is -1.08. The summed E-state index contributed by atoms with van der Waals surface area (Å²) in [5, 5.41) is 11.3. The molecule has 1 aromatic carbocycles. The highest BCUT2D eigenvalue weighted by atomic mass is 79.9. The Hall–Kier alpha value is -1.86. The van der Waals surface area contributed by atoms with Gasteiger partial charge in [-0.3, -0.25) is 4.79 Å². The quantitative estimate of drug-likeness (QED) is 0.863. The monoisotopic (exact) mass is 355 g/mol. The minimum Gasteiger partial charge on any atom is -0.480 e. The molecular weight excluding hydrogens is 346 g/mol. The molecule has 2 N–H and O–H groups in total. The van der Waals surface area contributed by atoms with E-state index in [1.807, 2.05) is 0 Å². The second kappa shape index (κ2) is 6.53. The zero-order valence-electron chi connectivity index (χ0n) is 10.1. The number of halogens is 1. The minimum absolute atomic E-state index is 0.271. The Bertz CT molecular complexity index is 641. The maximum atomic E-state index is 12.0. The molecule has 0 saturated heterocycles. The molecule has 0 bridgehead atoms. The molecule has 1 heterocycles. The number of carboxylic acids is 1.